The summed E-state index contributed by atoms with van der Waals surface area (Å²) in [5.41, 5.74) is 5.21. The Morgan fingerprint density at radius 3 is 2.66 bits per heavy atom. The summed E-state index contributed by atoms with van der Waals surface area (Å²) in [7, 11) is 0. The standard InChI is InChI=1S/C23H19N3O2S/c1-13-4-3-5-17(10-13)25-22(28)21-14(2)20-18(11-19(27)26-23(20)29-21)16-8-6-15(12-24)7-9-16/h3-10,18H,11H2,1-2H3,(H,25,28)(H,26,27)/t18-/m1/s1. The van der Waals surface area contributed by atoms with Crippen LogP contribution in [-0.4, -0.2) is 11.8 Å². The molecule has 2 aromatic carbocycles. The van der Waals surface area contributed by atoms with Crippen LogP contribution in [0.5, 0.6) is 0 Å². The zero-order chi connectivity index (χ0) is 20.5. The summed E-state index contributed by atoms with van der Waals surface area (Å²) in [6.45, 7) is 3.90. The number of carbonyl (C=O) groups is 2. The summed E-state index contributed by atoms with van der Waals surface area (Å²) in [6, 6.07) is 17.0. The number of aryl methyl sites for hydroxylation is 1. The third-order valence-corrected chi connectivity index (χ3v) is 6.33. The van der Waals surface area contributed by atoms with Crippen LogP contribution in [0.1, 0.15) is 49.8 Å². The SMILES string of the molecule is Cc1cccc(NC(=O)c2sc3c(c2C)[C@@H](c2ccc(C#N)cc2)CC(=O)N3)c1. The van der Waals surface area contributed by atoms with Crippen molar-refractivity contribution in [2.24, 2.45) is 0 Å². The monoisotopic (exact) mass is 401 g/mol. The van der Waals surface area contributed by atoms with E-state index in [1.165, 1.54) is 11.3 Å². The van der Waals surface area contributed by atoms with Crippen LogP contribution in [0.3, 0.4) is 0 Å². The molecule has 2 amide bonds. The number of nitrogens with zero attached hydrogens (tertiary/aromatic N) is 1. The maximum atomic E-state index is 12.9. The Kier molecular flexibility index (Phi) is 4.91. The minimum Gasteiger partial charge on any atom is -0.321 e. The first-order chi connectivity index (χ1) is 14.0. The molecule has 4 rings (SSSR count). The van der Waals surface area contributed by atoms with Gasteiger partial charge in [0, 0.05) is 18.0 Å². The fourth-order valence-electron chi connectivity index (χ4n) is 3.71. The second-order valence-corrected chi connectivity index (χ2v) is 8.18. The lowest BCUT2D eigenvalue weighted by Crippen LogP contribution is -2.22. The molecule has 3 aromatic rings. The van der Waals surface area contributed by atoms with Crippen molar-refractivity contribution >= 4 is 33.8 Å². The van der Waals surface area contributed by atoms with Crippen molar-refractivity contribution < 1.29 is 9.59 Å². The van der Waals surface area contributed by atoms with E-state index in [2.05, 4.69) is 16.7 Å². The lowest BCUT2D eigenvalue weighted by Gasteiger charge is -2.24. The summed E-state index contributed by atoms with van der Waals surface area (Å²) in [6.07, 6.45) is 0.315. The number of anilines is 2. The molecule has 2 N–H and O–H groups in total. The molecule has 1 aromatic heterocycles. The van der Waals surface area contributed by atoms with Gasteiger partial charge in [-0.05, 0) is 60.4 Å². The van der Waals surface area contributed by atoms with Gasteiger partial charge in [0.05, 0.1) is 21.5 Å². The summed E-state index contributed by atoms with van der Waals surface area (Å²) < 4.78 is 0. The highest BCUT2D eigenvalue weighted by molar-refractivity contribution is 7.18. The molecule has 6 heteroatoms. The van der Waals surface area contributed by atoms with E-state index in [0.717, 1.165) is 32.9 Å². The Labute approximate surface area is 173 Å². The number of amides is 2. The number of nitriles is 1. The number of nitrogens with one attached hydrogen (secondary N) is 2. The van der Waals surface area contributed by atoms with Gasteiger partial charge < -0.3 is 10.6 Å². The summed E-state index contributed by atoms with van der Waals surface area (Å²) >= 11 is 1.31. The van der Waals surface area contributed by atoms with Crippen LogP contribution in [0.2, 0.25) is 0 Å². The lowest BCUT2D eigenvalue weighted by molar-refractivity contribution is -0.116. The van der Waals surface area contributed by atoms with Gasteiger partial charge >= 0.3 is 0 Å². The van der Waals surface area contributed by atoms with E-state index in [4.69, 9.17) is 5.26 Å². The Bertz CT molecular complexity index is 1160. The number of rotatable bonds is 3. The Hall–Kier alpha value is -3.43. The maximum absolute atomic E-state index is 12.9. The van der Waals surface area contributed by atoms with Gasteiger partial charge in [0.25, 0.3) is 5.91 Å². The lowest BCUT2D eigenvalue weighted by atomic mass is 9.84. The molecule has 0 bridgehead atoms. The molecule has 1 atom stereocenters. The quantitative estimate of drug-likeness (QED) is 0.650. The summed E-state index contributed by atoms with van der Waals surface area (Å²) in [4.78, 5) is 25.8. The van der Waals surface area contributed by atoms with Crippen molar-refractivity contribution in [1.82, 2.24) is 0 Å². The molecule has 0 unspecified atom stereocenters. The highest BCUT2D eigenvalue weighted by Crippen LogP contribution is 2.45. The molecule has 0 radical (unpaired) electrons. The molecule has 1 aliphatic heterocycles. The van der Waals surface area contributed by atoms with Crippen molar-refractivity contribution in [3.8, 4) is 6.07 Å². The molecule has 5 nitrogen and oxygen atoms in total. The number of fused-ring (bicyclic) bond motifs is 1. The zero-order valence-electron chi connectivity index (χ0n) is 16.1. The number of hydrogen-bond acceptors (Lipinski definition) is 4. The number of benzene rings is 2. The fourth-order valence-corrected chi connectivity index (χ4v) is 4.89. The third kappa shape index (κ3) is 3.65. The van der Waals surface area contributed by atoms with Gasteiger partial charge in [0.15, 0.2) is 0 Å². The van der Waals surface area contributed by atoms with Crippen LogP contribution in [0, 0.1) is 25.2 Å². The van der Waals surface area contributed by atoms with E-state index in [0.29, 0.717) is 16.9 Å². The fraction of sp³-hybridized carbons (Fsp3) is 0.174. The average Bonchev–Trinajstić information content (AvgIpc) is 3.04. The second-order valence-electron chi connectivity index (χ2n) is 7.16. The van der Waals surface area contributed by atoms with Crippen molar-refractivity contribution in [2.75, 3.05) is 10.6 Å². The van der Waals surface area contributed by atoms with E-state index >= 15 is 0 Å². The molecule has 1 aliphatic rings. The van der Waals surface area contributed by atoms with Gasteiger partial charge in [0.1, 0.15) is 0 Å². The van der Waals surface area contributed by atoms with Crippen LogP contribution >= 0.6 is 11.3 Å². The highest BCUT2D eigenvalue weighted by Gasteiger charge is 2.32. The van der Waals surface area contributed by atoms with E-state index < -0.39 is 0 Å². The molecule has 0 fully saturated rings. The number of carbonyl (C=O) groups excluding carboxylic acids is 2. The van der Waals surface area contributed by atoms with Crippen LogP contribution in [0.15, 0.2) is 48.5 Å². The van der Waals surface area contributed by atoms with E-state index in [-0.39, 0.29) is 17.7 Å². The summed E-state index contributed by atoms with van der Waals surface area (Å²) in [5, 5.41) is 15.6. The topological polar surface area (TPSA) is 82.0 Å². The predicted molar refractivity (Wildman–Crippen MR) is 114 cm³/mol. The molecule has 0 spiro atoms. The first kappa shape index (κ1) is 18.9. The molecular formula is C23H19N3O2S. The molecule has 0 saturated carbocycles. The Morgan fingerprint density at radius 2 is 1.97 bits per heavy atom. The van der Waals surface area contributed by atoms with Crippen LogP contribution < -0.4 is 10.6 Å². The van der Waals surface area contributed by atoms with E-state index in [1.54, 1.807) is 12.1 Å². The Balaban J connectivity index is 1.70. The van der Waals surface area contributed by atoms with E-state index in [9.17, 15) is 9.59 Å². The normalized spacial score (nSPS) is 15.2. The Morgan fingerprint density at radius 1 is 1.21 bits per heavy atom. The first-order valence-corrected chi connectivity index (χ1v) is 10.1. The van der Waals surface area contributed by atoms with Crippen molar-refractivity contribution in [3.63, 3.8) is 0 Å². The molecular weight excluding hydrogens is 382 g/mol. The summed E-state index contributed by atoms with van der Waals surface area (Å²) in [5.74, 6) is -0.387. The largest absolute Gasteiger partial charge is 0.321 e. The van der Waals surface area contributed by atoms with Gasteiger partial charge in [-0.2, -0.15) is 5.26 Å². The molecule has 0 aliphatic carbocycles. The van der Waals surface area contributed by atoms with Crippen molar-refractivity contribution in [1.29, 1.82) is 5.26 Å². The van der Waals surface area contributed by atoms with Gasteiger partial charge in [-0.1, -0.05) is 24.3 Å². The van der Waals surface area contributed by atoms with E-state index in [1.807, 2.05) is 50.2 Å². The highest BCUT2D eigenvalue weighted by atomic mass is 32.1. The first-order valence-electron chi connectivity index (χ1n) is 9.27. The predicted octanol–water partition coefficient (Wildman–Crippen LogP) is 4.96. The smallest absolute Gasteiger partial charge is 0.266 e. The van der Waals surface area contributed by atoms with Crippen LogP contribution in [0.4, 0.5) is 10.7 Å². The third-order valence-electron chi connectivity index (χ3n) is 5.11. The average molecular weight is 401 g/mol. The molecule has 144 valence electrons. The van der Waals surface area contributed by atoms with Crippen LogP contribution in [-0.2, 0) is 4.79 Å². The second kappa shape index (κ2) is 7.53. The van der Waals surface area contributed by atoms with Crippen molar-refractivity contribution in [2.45, 2.75) is 26.2 Å². The zero-order valence-corrected chi connectivity index (χ0v) is 16.9. The van der Waals surface area contributed by atoms with Crippen molar-refractivity contribution in [3.05, 3.63) is 81.2 Å². The van der Waals surface area contributed by atoms with Gasteiger partial charge in [-0.3, -0.25) is 9.59 Å². The minimum atomic E-state index is -0.180. The van der Waals surface area contributed by atoms with Gasteiger partial charge in [0.2, 0.25) is 5.91 Å². The number of thiophene rings is 1. The van der Waals surface area contributed by atoms with Gasteiger partial charge in [-0.25, -0.2) is 0 Å². The molecule has 2 heterocycles. The molecule has 29 heavy (non-hydrogen) atoms. The number of hydrogen-bond donors (Lipinski definition) is 2. The minimum absolute atomic E-state index is 0.0706. The molecule has 0 saturated heterocycles. The maximum Gasteiger partial charge on any atom is 0.266 e. The van der Waals surface area contributed by atoms with Gasteiger partial charge in [-0.15, -0.1) is 11.3 Å². The van der Waals surface area contributed by atoms with Crippen LogP contribution in [0.25, 0.3) is 0 Å².